The Bertz CT molecular complexity index is 274. The molecule has 1 aliphatic heterocycles. The molecule has 3 unspecified atom stereocenters. The van der Waals surface area contributed by atoms with E-state index in [1.54, 1.807) is 0 Å². The SMILES string of the molecule is CCC(C1CCS(=O)(=O)C1)C(C)NC. The van der Waals surface area contributed by atoms with Gasteiger partial charge in [0.1, 0.15) is 0 Å². The Morgan fingerprint density at radius 3 is 2.50 bits per heavy atom. The highest BCUT2D eigenvalue weighted by molar-refractivity contribution is 7.91. The van der Waals surface area contributed by atoms with E-state index in [0.717, 1.165) is 12.8 Å². The van der Waals surface area contributed by atoms with Crippen molar-refractivity contribution in [2.75, 3.05) is 18.6 Å². The lowest BCUT2D eigenvalue weighted by Gasteiger charge is -2.27. The molecule has 14 heavy (non-hydrogen) atoms. The summed E-state index contributed by atoms with van der Waals surface area (Å²) in [6.45, 7) is 4.28. The first kappa shape index (κ1) is 12.0. The van der Waals surface area contributed by atoms with E-state index in [9.17, 15) is 8.42 Å². The van der Waals surface area contributed by atoms with E-state index in [-0.39, 0.29) is 0 Å². The van der Waals surface area contributed by atoms with Gasteiger partial charge in [-0.25, -0.2) is 8.42 Å². The normalized spacial score (nSPS) is 30.1. The quantitative estimate of drug-likeness (QED) is 0.769. The first-order valence-electron chi connectivity index (χ1n) is 5.38. The fraction of sp³-hybridized carbons (Fsp3) is 1.00. The standard InChI is InChI=1S/C10H21NO2S/c1-4-10(8(2)11-3)9-5-6-14(12,13)7-9/h8-11H,4-7H2,1-3H3. The Balaban J connectivity index is 2.64. The van der Waals surface area contributed by atoms with Crippen molar-refractivity contribution in [1.82, 2.24) is 5.32 Å². The molecule has 0 aromatic carbocycles. The summed E-state index contributed by atoms with van der Waals surface area (Å²) < 4.78 is 22.7. The third kappa shape index (κ3) is 2.70. The lowest BCUT2D eigenvalue weighted by molar-refractivity contribution is 0.280. The molecule has 1 heterocycles. The Hall–Kier alpha value is -0.0900. The third-order valence-electron chi connectivity index (χ3n) is 3.44. The van der Waals surface area contributed by atoms with Crippen LogP contribution >= 0.6 is 0 Å². The van der Waals surface area contributed by atoms with Crippen molar-refractivity contribution in [3.05, 3.63) is 0 Å². The minimum Gasteiger partial charge on any atom is -0.317 e. The summed E-state index contributed by atoms with van der Waals surface area (Å²) in [5.41, 5.74) is 0. The summed E-state index contributed by atoms with van der Waals surface area (Å²) in [5.74, 6) is 1.66. The number of hydrogen-bond donors (Lipinski definition) is 1. The zero-order chi connectivity index (χ0) is 10.8. The van der Waals surface area contributed by atoms with Gasteiger partial charge in [0, 0.05) is 6.04 Å². The van der Waals surface area contributed by atoms with Gasteiger partial charge in [0.15, 0.2) is 9.84 Å². The van der Waals surface area contributed by atoms with Crippen molar-refractivity contribution in [3.63, 3.8) is 0 Å². The largest absolute Gasteiger partial charge is 0.317 e. The van der Waals surface area contributed by atoms with Crippen LogP contribution in [0, 0.1) is 11.8 Å². The Kier molecular flexibility index (Phi) is 3.95. The molecule has 0 amide bonds. The van der Waals surface area contributed by atoms with Crippen LogP contribution in [0.2, 0.25) is 0 Å². The Morgan fingerprint density at radius 1 is 1.50 bits per heavy atom. The van der Waals surface area contributed by atoms with Crippen molar-refractivity contribution in [3.8, 4) is 0 Å². The minimum absolute atomic E-state index is 0.368. The van der Waals surface area contributed by atoms with Crippen molar-refractivity contribution >= 4 is 9.84 Å². The van der Waals surface area contributed by atoms with Crippen LogP contribution < -0.4 is 5.32 Å². The maximum Gasteiger partial charge on any atom is 0.150 e. The fourth-order valence-corrected chi connectivity index (χ4v) is 4.37. The van der Waals surface area contributed by atoms with E-state index in [1.165, 1.54) is 0 Å². The molecule has 0 radical (unpaired) electrons. The van der Waals surface area contributed by atoms with Gasteiger partial charge in [-0.05, 0) is 32.2 Å². The van der Waals surface area contributed by atoms with E-state index in [1.807, 2.05) is 7.05 Å². The van der Waals surface area contributed by atoms with Crippen LogP contribution in [0.4, 0.5) is 0 Å². The average Bonchev–Trinajstić information content (AvgIpc) is 2.47. The van der Waals surface area contributed by atoms with Crippen molar-refractivity contribution < 1.29 is 8.42 Å². The minimum atomic E-state index is -2.72. The highest BCUT2D eigenvalue weighted by Gasteiger charge is 2.34. The molecule has 1 rings (SSSR count). The highest BCUT2D eigenvalue weighted by Crippen LogP contribution is 2.30. The maximum atomic E-state index is 11.4. The Morgan fingerprint density at radius 2 is 2.14 bits per heavy atom. The topological polar surface area (TPSA) is 46.2 Å². The van der Waals surface area contributed by atoms with E-state index in [2.05, 4.69) is 19.2 Å². The van der Waals surface area contributed by atoms with E-state index in [0.29, 0.717) is 29.4 Å². The monoisotopic (exact) mass is 219 g/mol. The van der Waals surface area contributed by atoms with Crippen molar-refractivity contribution in [2.24, 2.45) is 11.8 Å². The molecule has 0 aliphatic carbocycles. The smallest absolute Gasteiger partial charge is 0.150 e. The van der Waals surface area contributed by atoms with Gasteiger partial charge < -0.3 is 5.32 Å². The van der Waals surface area contributed by atoms with Gasteiger partial charge in [-0.2, -0.15) is 0 Å². The van der Waals surface area contributed by atoms with Gasteiger partial charge in [0.05, 0.1) is 11.5 Å². The van der Waals surface area contributed by atoms with Crippen LogP contribution in [0.3, 0.4) is 0 Å². The molecule has 0 aromatic heterocycles. The molecular formula is C10H21NO2S. The van der Waals surface area contributed by atoms with E-state index >= 15 is 0 Å². The maximum absolute atomic E-state index is 11.4. The molecule has 0 saturated carbocycles. The zero-order valence-corrected chi connectivity index (χ0v) is 10.1. The number of hydrogen-bond acceptors (Lipinski definition) is 3. The van der Waals surface area contributed by atoms with Crippen molar-refractivity contribution in [1.29, 1.82) is 0 Å². The van der Waals surface area contributed by atoms with E-state index in [4.69, 9.17) is 0 Å². The molecule has 3 nitrogen and oxygen atoms in total. The van der Waals surface area contributed by atoms with E-state index < -0.39 is 9.84 Å². The van der Waals surface area contributed by atoms with Crippen LogP contribution in [-0.4, -0.2) is 33.0 Å². The van der Waals surface area contributed by atoms with Gasteiger partial charge in [-0.15, -0.1) is 0 Å². The van der Waals surface area contributed by atoms with Crippen molar-refractivity contribution in [2.45, 2.75) is 32.7 Å². The van der Waals surface area contributed by atoms with Crippen LogP contribution in [0.15, 0.2) is 0 Å². The predicted octanol–water partition coefficient (Wildman–Crippen LogP) is 1.06. The first-order valence-corrected chi connectivity index (χ1v) is 7.20. The number of sulfone groups is 1. The molecule has 1 N–H and O–H groups in total. The summed E-state index contributed by atoms with van der Waals surface area (Å²) in [4.78, 5) is 0. The van der Waals surface area contributed by atoms with Crippen LogP contribution in [0.5, 0.6) is 0 Å². The first-order chi connectivity index (χ1) is 6.50. The van der Waals surface area contributed by atoms with Gasteiger partial charge in [-0.1, -0.05) is 13.3 Å². The lowest BCUT2D eigenvalue weighted by atomic mass is 9.84. The summed E-state index contributed by atoms with van der Waals surface area (Å²) in [6, 6.07) is 0.415. The molecule has 0 aromatic rings. The Labute approximate surface area is 87.2 Å². The van der Waals surface area contributed by atoms with Crippen LogP contribution in [0.1, 0.15) is 26.7 Å². The second kappa shape index (κ2) is 4.62. The molecule has 1 aliphatic rings. The highest BCUT2D eigenvalue weighted by atomic mass is 32.2. The molecule has 0 spiro atoms. The molecule has 1 saturated heterocycles. The number of nitrogens with one attached hydrogen (secondary N) is 1. The summed E-state index contributed by atoms with van der Waals surface area (Å²) >= 11 is 0. The second-order valence-electron chi connectivity index (χ2n) is 4.31. The van der Waals surface area contributed by atoms with Gasteiger partial charge >= 0.3 is 0 Å². The fourth-order valence-electron chi connectivity index (χ4n) is 2.47. The predicted molar refractivity (Wildman–Crippen MR) is 59.1 cm³/mol. The molecule has 0 bridgehead atoms. The molecule has 84 valence electrons. The number of rotatable bonds is 4. The summed E-state index contributed by atoms with van der Waals surface area (Å²) in [7, 11) is -0.779. The molecular weight excluding hydrogens is 198 g/mol. The van der Waals surface area contributed by atoms with Gasteiger partial charge in [-0.3, -0.25) is 0 Å². The lowest BCUT2D eigenvalue weighted by Crippen LogP contribution is -2.35. The van der Waals surface area contributed by atoms with Crippen LogP contribution in [-0.2, 0) is 9.84 Å². The zero-order valence-electron chi connectivity index (χ0n) is 9.29. The van der Waals surface area contributed by atoms with Gasteiger partial charge in [0.25, 0.3) is 0 Å². The summed E-state index contributed by atoms with van der Waals surface area (Å²) in [6.07, 6.45) is 1.91. The van der Waals surface area contributed by atoms with Crippen LogP contribution in [0.25, 0.3) is 0 Å². The third-order valence-corrected chi connectivity index (χ3v) is 5.24. The molecule has 4 heteroatoms. The average molecular weight is 219 g/mol. The van der Waals surface area contributed by atoms with Gasteiger partial charge in [0.2, 0.25) is 0 Å². The molecule has 1 fully saturated rings. The summed E-state index contributed by atoms with van der Waals surface area (Å²) in [5, 5.41) is 3.23. The second-order valence-corrected chi connectivity index (χ2v) is 6.54. The molecule has 3 atom stereocenters.